The first-order valence-electron chi connectivity index (χ1n) is 6.23. The number of benzene rings is 2. The van der Waals surface area contributed by atoms with Crippen molar-refractivity contribution in [1.29, 1.82) is 0 Å². The van der Waals surface area contributed by atoms with Crippen LogP contribution in [-0.2, 0) is 6.42 Å². The van der Waals surface area contributed by atoms with Gasteiger partial charge in [0.25, 0.3) is 0 Å². The predicted molar refractivity (Wildman–Crippen MR) is 71.0 cm³/mol. The summed E-state index contributed by atoms with van der Waals surface area (Å²) in [7, 11) is 0. The first-order chi connectivity index (χ1) is 9.54. The molecule has 0 unspecified atom stereocenters. The van der Waals surface area contributed by atoms with Gasteiger partial charge in [0.05, 0.1) is 6.10 Å². The van der Waals surface area contributed by atoms with E-state index in [1.807, 2.05) is 0 Å². The van der Waals surface area contributed by atoms with Gasteiger partial charge in [-0.15, -0.1) is 0 Å². The molecule has 0 radical (unpaired) electrons. The minimum atomic E-state index is -0.817. The summed E-state index contributed by atoms with van der Waals surface area (Å²) >= 11 is 0. The van der Waals surface area contributed by atoms with Crippen LogP contribution >= 0.6 is 0 Å². The van der Waals surface area contributed by atoms with Gasteiger partial charge in [0.15, 0.2) is 0 Å². The number of aliphatic hydroxyl groups is 1. The molecule has 0 fully saturated rings. The van der Waals surface area contributed by atoms with Crippen LogP contribution in [0.4, 0.5) is 0 Å². The Bertz CT molecular complexity index is 635. The van der Waals surface area contributed by atoms with E-state index in [-0.39, 0.29) is 23.7 Å². The molecule has 1 heterocycles. The highest BCUT2D eigenvalue weighted by atomic mass is 16.5. The van der Waals surface area contributed by atoms with Gasteiger partial charge in [-0.05, 0) is 17.7 Å². The maximum absolute atomic E-state index is 10.2. The molecule has 1 aliphatic heterocycles. The van der Waals surface area contributed by atoms with Gasteiger partial charge in [-0.1, -0.05) is 12.1 Å². The number of aromatic hydroxyl groups is 3. The van der Waals surface area contributed by atoms with Crippen LogP contribution in [0.5, 0.6) is 23.0 Å². The van der Waals surface area contributed by atoms with Crippen molar-refractivity contribution >= 4 is 0 Å². The van der Waals surface area contributed by atoms with Crippen molar-refractivity contribution in [3.05, 3.63) is 47.5 Å². The lowest BCUT2D eigenvalue weighted by Crippen LogP contribution is -2.30. The van der Waals surface area contributed by atoms with Crippen LogP contribution in [0.15, 0.2) is 36.4 Å². The van der Waals surface area contributed by atoms with Gasteiger partial charge in [-0.2, -0.15) is 0 Å². The van der Waals surface area contributed by atoms with E-state index in [1.54, 1.807) is 12.1 Å². The van der Waals surface area contributed by atoms with Gasteiger partial charge in [-0.25, -0.2) is 0 Å². The smallest absolute Gasteiger partial charge is 0.150 e. The molecule has 20 heavy (non-hydrogen) atoms. The zero-order valence-corrected chi connectivity index (χ0v) is 10.5. The average Bonchev–Trinajstić information content (AvgIpc) is 2.40. The molecule has 0 saturated carbocycles. The van der Waals surface area contributed by atoms with Crippen LogP contribution in [0.2, 0.25) is 0 Å². The average molecular weight is 274 g/mol. The number of hydrogen-bond acceptors (Lipinski definition) is 5. The lowest BCUT2D eigenvalue weighted by molar-refractivity contribution is 0.0198. The highest BCUT2D eigenvalue weighted by Gasteiger charge is 2.31. The Morgan fingerprint density at radius 3 is 2.35 bits per heavy atom. The number of ether oxygens (including phenoxy) is 1. The number of rotatable bonds is 1. The molecule has 2 aromatic carbocycles. The maximum Gasteiger partial charge on any atom is 0.150 e. The molecule has 2 aromatic rings. The first-order valence-corrected chi connectivity index (χ1v) is 6.23. The van der Waals surface area contributed by atoms with Crippen molar-refractivity contribution in [1.82, 2.24) is 0 Å². The minimum absolute atomic E-state index is 0.0943. The molecule has 1 aliphatic rings. The molecule has 0 bridgehead atoms. The van der Waals surface area contributed by atoms with Crippen LogP contribution in [0.25, 0.3) is 0 Å². The number of hydrogen-bond donors (Lipinski definition) is 4. The fourth-order valence-electron chi connectivity index (χ4n) is 2.41. The van der Waals surface area contributed by atoms with E-state index < -0.39 is 12.2 Å². The monoisotopic (exact) mass is 274 g/mol. The van der Waals surface area contributed by atoms with Crippen molar-refractivity contribution < 1.29 is 25.2 Å². The molecule has 5 heteroatoms. The van der Waals surface area contributed by atoms with Crippen molar-refractivity contribution in [3.8, 4) is 23.0 Å². The molecule has 0 aliphatic carbocycles. The van der Waals surface area contributed by atoms with Crippen molar-refractivity contribution in [2.45, 2.75) is 18.6 Å². The second-order valence-corrected chi connectivity index (χ2v) is 4.84. The van der Waals surface area contributed by atoms with Gasteiger partial charge in [0, 0.05) is 24.1 Å². The van der Waals surface area contributed by atoms with E-state index in [2.05, 4.69) is 0 Å². The van der Waals surface area contributed by atoms with E-state index in [0.717, 1.165) is 0 Å². The summed E-state index contributed by atoms with van der Waals surface area (Å²) < 4.78 is 5.68. The Morgan fingerprint density at radius 2 is 1.65 bits per heavy atom. The Kier molecular flexibility index (Phi) is 2.91. The SMILES string of the molecule is Oc1ccc([C@@H]2Oc3cc(O)cc(O)c3C[C@@H]2O)cc1. The summed E-state index contributed by atoms with van der Waals surface area (Å²) in [5.74, 6) is 0.297. The van der Waals surface area contributed by atoms with Crippen LogP contribution in [0.1, 0.15) is 17.2 Å². The summed E-state index contributed by atoms with van der Waals surface area (Å²) in [5, 5.41) is 38.7. The summed E-state index contributed by atoms with van der Waals surface area (Å²) in [6, 6.07) is 8.99. The minimum Gasteiger partial charge on any atom is -0.508 e. The first kappa shape index (κ1) is 12.6. The van der Waals surface area contributed by atoms with Crippen molar-refractivity contribution in [2.75, 3.05) is 0 Å². The molecule has 104 valence electrons. The quantitative estimate of drug-likeness (QED) is 0.637. The molecule has 0 spiro atoms. The Morgan fingerprint density at radius 1 is 0.950 bits per heavy atom. The molecule has 5 nitrogen and oxygen atoms in total. The summed E-state index contributed by atoms with van der Waals surface area (Å²) in [5.41, 5.74) is 1.19. The van der Waals surface area contributed by atoms with E-state index in [9.17, 15) is 20.4 Å². The normalized spacial score (nSPS) is 21.1. The maximum atomic E-state index is 10.2. The molecular weight excluding hydrogens is 260 g/mol. The molecule has 0 aromatic heterocycles. The lowest BCUT2D eigenvalue weighted by Gasteiger charge is -2.31. The van der Waals surface area contributed by atoms with Gasteiger partial charge in [0.1, 0.15) is 29.1 Å². The zero-order chi connectivity index (χ0) is 14.3. The third-order valence-corrected chi connectivity index (χ3v) is 3.41. The second kappa shape index (κ2) is 4.61. The fraction of sp³-hybridized carbons (Fsp3) is 0.200. The van der Waals surface area contributed by atoms with Crippen LogP contribution in [-0.4, -0.2) is 26.5 Å². The van der Waals surface area contributed by atoms with E-state index in [0.29, 0.717) is 16.9 Å². The van der Waals surface area contributed by atoms with Crippen LogP contribution in [0.3, 0.4) is 0 Å². The van der Waals surface area contributed by atoms with Gasteiger partial charge in [0.2, 0.25) is 0 Å². The van der Waals surface area contributed by atoms with Gasteiger partial charge >= 0.3 is 0 Å². The summed E-state index contributed by atoms with van der Waals surface area (Å²) in [6.45, 7) is 0. The molecular formula is C15H14O5. The topological polar surface area (TPSA) is 90.2 Å². The molecule has 0 saturated heterocycles. The Labute approximate surface area is 115 Å². The van der Waals surface area contributed by atoms with Crippen LogP contribution < -0.4 is 4.74 Å². The fourth-order valence-corrected chi connectivity index (χ4v) is 2.41. The third-order valence-electron chi connectivity index (χ3n) is 3.41. The van der Waals surface area contributed by atoms with Crippen molar-refractivity contribution in [2.24, 2.45) is 0 Å². The number of aliphatic hydroxyl groups excluding tert-OH is 1. The standard InChI is InChI=1S/C15H14O5/c16-9-3-1-8(2-4-9)15-13(19)7-11-12(18)5-10(17)6-14(11)20-15/h1-6,13,15-19H,7H2/t13-,15-/m0/s1. The predicted octanol–water partition coefficient (Wildman–Crippen LogP) is 1.84. The summed E-state index contributed by atoms with van der Waals surface area (Å²) in [4.78, 5) is 0. The largest absolute Gasteiger partial charge is 0.508 e. The van der Waals surface area contributed by atoms with Crippen molar-refractivity contribution in [3.63, 3.8) is 0 Å². The van der Waals surface area contributed by atoms with Gasteiger partial charge < -0.3 is 25.2 Å². The van der Waals surface area contributed by atoms with Crippen LogP contribution in [0, 0.1) is 0 Å². The highest BCUT2D eigenvalue weighted by molar-refractivity contribution is 5.51. The van der Waals surface area contributed by atoms with E-state index in [4.69, 9.17) is 4.74 Å². The van der Waals surface area contributed by atoms with Gasteiger partial charge in [-0.3, -0.25) is 0 Å². The summed E-state index contributed by atoms with van der Waals surface area (Å²) in [6.07, 6.45) is -1.20. The highest BCUT2D eigenvalue weighted by Crippen LogP contribution is 2.41. The zero-order valence-electron chi connectivity index (χ0n) is 10.5. The lowest BCUT2D eigenvalue weighted by atomic mass is 9.94. The number of fused-ring (bicyclic) bond motifs is 1. The molecule has 0 amide bonds. The van der Waals surface area contributed by atoms with E-state index in [1.165, 1.54) is 24.3 Å². The number of phenolic OH excluding ortho intramolecular Hbond substituents is 3. The van der Waals surface area contributed by atoms with E-state index >= 15 is 0 Å². The Balaban J connectivity index is 1.98. The number of phenols is 3. The third kappa shape index (κ3) is 2.12. The Hall–Kier alpha value is -2.40. The molecule has 4 N–H and O–H groups in total. The molecule has 3 rings (SSSR count). The second-order valence-electron chi connectivity index (χ2n) is 4.84. The molecule has 2 atom stereocenters.